The molecule has 0 saturated heterocycles. The van der Waals surface area contributed by atoms with Crippen LogP contribution in [0.1, 0.15) is 122 Å². The smallest absolute Gasteiger partial charge is 0.166 e. The quantitative estimate of drug-likeness (QED) is 0.176. The van der Waals surface area contributed by atoms with Gasteiger partial charge >= 0.3 is 12.4 Å². The molecule has 0 aliphatic heterocycles. The predicted molar refractivity (Wildman–Crippen MR) is 200 cm³/mol. The normalized spacial score (nSPS) is 12.6. The van der Waals surface area contributed by atoms with Crippen molar-refractivity contribution in [3.05, 3.63) is 118 Å². The molecule has 0 N–H and O–H groups in total. The number of benzene rings is 4. The molecule has 0 bridgehead atoms. The zero-order valence-corrected chi connectivity index (χ0v) is 32.1. The molecule has 0 nitrogen and oxygen atoms in total. The molecule has 0 aromatic heterocycles. The largest absolute Gasteiger partial charge is 0.416 e. The molecule has 0 saturated carbocycles. The van der Waals surface area contributed by atoms with E-state index in [1.165, 1.54) is 45.9 Å². The standard InChI is InChI=1S/C18H30.C14H16.C12H12F6/c1-13(2)9-14-10-15(17(3,4)5)12-16(11-14)18(6,7)8;1-11(2)9-12-7-8-13-5-3-4-6-14(13)10-12;1-7(2)3-8-4-9(11(13,14)15)6-10(5-8)12(16,17)18/h10-13H,9H2,1-8H3;3-8,10-11H,9H2,1-2H3;4-7H,3H2,1-2H3. The molecule has 0 heterocycles. The molecule has 0 aliphatic carbocycles. The van der Waals surface area contributed by atoms with E-state index in [2.05, 4.69) is 130 Å². The van der Waals surface area contributed by atoms with Gasteiger partial charge in [0.15, 0.2) is 0 Å². The molecule has 0 unspecified atom stereocenters. The van der Waals surface area contributed by atoms with Crippen molar-refractivity contribution in [1.82, 2.24) is 0 Å². The minimum Gasteiger partial charge on any atom is -0.166 e. The minimum atomic E-state index is -4.77. The Morgan fingerprint density at radius 2 is 0.740 bits per heavy atom. The van der Waals surface area contributed by atoms with Crippen LogP contribution in [0.2, 0.25) is 0 Å². The average Bonchev–Trinajstić information content (AvgIpc) is 2.95. The number of fused-ring (bicyclic) bond motifs is 1. The van der Waals surface area contributed by atoms with Crippen molar-refractivity contribution in [2.75, 3.05) is 0 Å². The van der Waals surface area contributed by atoms with Gasteiger partial charge in [0.1, 0.15) is 0 Å². The Balaban J connectivity index is 0.000000262. The molecule has 4 aromatic rings. The van der Waals surface area contributed by atoms with Crippen LogP contribution in [-0.2, 0) is 42.4 Å². The second-order valence-corrected chi connectivity index (χ2v) is 16.8. The monoisotopic (exact) mass is 700 g/mol. The lowest BCUT2D eigenvalue weighted by Crippen LogP contribution is -2.17. The molecule has 0 radical (unpaired) electrons. The van der Waals surface area contributed by atoms with E-state index in [0.29, 0.717) is 5.92 Å². The number of hydrogen-bond donors (Lipinski definition) is 0. The van der Waals surface area contributed by atoms with Gasteiger partial charge in [-0.3, -0.25) is 0 Å². The lowest BCUT2D eigenvalue weighted by molar-refractivity contribution is -0.143. The Bertz CT molecular complexity index is 1490. The summed E-state index contributed by atoms with van der Waals surface area (Å²) in [4.78, 5) is 0. The van der Waals surface area contributed by atoms with Crippen molar-refractivity contribution in [2.24, 2.45) is 17.8 Å². The summed E-state index contributed by atoms with van der Waals surface area (Å²) in [5.74, 6) is 1.43. The molecule has 50 heavy (non-hydrogen) atoms. The summed E-state index contributed by atoms with van der Waals surface area (Å²) < 4.78 is 75.0. The van der Waals surface area contributed by atoms with Crippen LogP contribution in [0, 0.1) is 17.8 Å². The van der Waals surface area contributed by atoms with E-state index in [4.69, 9.17) is 0 Å². The molecule has 0 atom stereocenters. The third-order valence-corrected chi connectivity index (χ3v) is 8.12. The van der Waals surface area contributed by atoms with Crippen LogP contribution in [0.4, 0.5) is 26.3 Å². The first-order valence-electron chi connectivity index (χ1n) is 17.7. The average molecular weight is 701 g/mol. The molecular weight excluding hydrogens is 642 g/mol. The zero-order valence-electron chi connectivity index (χ0n) is 32.1. The fraction of sp³-hybridized carbons (Fsp3) is 0.500. The molecular formula is C44H58F6. The molecule has 6 heteroatoms. The lowest BCUT2D eigenvalue weighted by Gasteiger charge is -2.26. The van der Waals surface area contributed by atoms with Gasteiger partial charge in [-0.1, -0.05) is 144 Å². The number of hydrogen-bond acceptors (Lipinski definition) is 0. The highest BCUT2D eigenvalue weighted by Gasteiger charge is 2.36. The fourth-order valence-electron chi connectivity index (χ4n) is 5.59. The predicted octanol–water partition coefficient (Wildman–Crippen LogP) is 14.4. The van der Waals surface area contributed by atoms with E-state index in [-0.39, 0.29) is 34.8 Å². The molecule has 4 rings (SSSR count). The Morgan fingerprint density at radius 3 is 1.10 bits per heavy atom. The second-order valence-electron chi connectivity index (χ2n) is 16.8. The number of rotatable bonds is 6. The van der Waals surface area contributed by atoms with Crippen molar-refractivity contribution in [3.8, 4) is 0 Å². The second kappa shape index (κ2) is 17.3. The van der Waals surface area contributed by atoms with Crippen LogP contribution in [0.15, 0.2) is 78.9 Å². The summed E-state index contributed by atoms with van der Waals surface area (Å²) in [6, 6.07) is 24.2. The van der Waals surface area contributed by atoms with Gasteiger partial charge in [-0.2, -0.15) is 26.3 Å². The van der Waals surface area contributed by atoms with Gasteiger partial charge in [0.25, 0.3) is 0 Å². The van der Waals surface area contributed by atoms with Crippen LogP contribution in [0.3, 0.4) is 0 Å². The van der Waals surface area contributed by atoms with Crippen molar-refractivity contribution in [1.29, 1.82) is 0 Å². The van der Waals surface area contributed by atoms with E-state index in [1.807, 2.05) is 0 Å². The molecule has 0 aliphatic rings. The van der Waals surface area contributed by atoms with E-state index in [9.17, 15) is 26.3 Å². The van der Waals surface area contributed by atoms with Crippen molar-refractivity contribution in [2.45, 2.75) is 126 Å². The van der Waals surface area contributed by atoms with Crippen molar-refractivity contribution >= 4 is 10.8 Å². The van der Waals surface area contributed by atoms with Gasteiger partial charge in [0.05, 0.1) is 11.1 Å². The maximum Gasteiger partial charge on any atom is 0.416 e. The Morgan fingerprint density at radius 1 is 0.400 bits per heavy atom. The summed E-state index contributed by atoms with van der Waals surface area (Å²) in [5, 5.41) is 2.69. The first kappa shape index (κ1) is 42.9. The van der Waals surface area contributed by atoms with Crippen LogP contribution in [0.5, 0.6) is 0 Å². The van der Waals surface area contributed by atoms with Gasteiger partial charge in [-0.05, 0) is 105 Å². The third kappa shape index (κ3) is 14.5. The highest BCUT2D eigenvalue weighted by Crippen LogP contribution is 2.37. The van der Waals surface area contributed by atoms with Gasteiger partial charge < -0.3 is 0 Å². The van der Waals surface area contributed by atoms with Gasteiger partial charge in [0.2, 0.25) is 0 Å². The summed E-state index contributed by atoms with van der Waals surface area (Å²) in [5.41, 5.74) is 3.85. The van der Waals surface area contributed by atoms with E-state index in [0.717, 1.165) is 18.1 Å². The summed E-state index contributed by atoms with van der Waals surface area (Å²) in [7, 11) is 0. The maximum atomic E-state index is 12.5. The Kier molecular flexibility index (Phi) is 14.8. The van der Waals surface area contributed by atoms with E-state index < -0.39 is 23.5 Å². The number of halogens is 6. The number of alkyl halides is 6. The van der Waals surface area contributed by atoms with Gasteiger partial charge in [-0.25, -0.2) is 0 Å². The van der Waals surface area contributed by atoms with E-state index >= 15 is 0 Å². The molecule has 0 spiro atoms. The lowest BCUT2D eigenvalue weighted by atomic mass is 9.79. The van der Waals surface area contributed by atoms with Crippen LogP contribution >= 0.6 is 0 Å². The maximum absolute atomic E-state index is 12.5. The van der Waals surface area contributed by atoms with Gasteiger partial charge in [-0.15, -0.1) is 0 Å². The highest BCUT2D eigenvalue weighted by atomic mass is 19.4. The summed E-state index contributed by atoms with van der Waals surface area (Å²) in [6.45, 7) is 26.4. The van der Waals surface area contributed by atoms with Crippen molar-refractivity contribution < 1.29 is 26.3 Å². The fourth-order valence-corrected chi connectivity index (χ4v) is 5.59. The molecule has 4 aromatic carbocycles. The summed E-state index contributed by atoms with van der Waals surface area (Å²) in [6.07, 6.45) is -7.02. The Hall–Kier alpha value is -3.28. The first-order chi connectivity index (χ1) is 22.8. The van der Waals surface area contributed by atoms with Crippen LogP contribution in [-0.4, -0.2) is 0 Å². The van der Waals surface area contributed by atoms with Crippen LogP contribution in [0.25, 0.3) is 10.8 Å². The minimum absolute atomic E-state index is 0.0189. The summed E-state index contributed by atoms with van der Waals surface area (Å²) >= 11 is 0. The first-order valence-corrected chi connectivity index (χ1v) is 17.7. The topological polar surface area (TPSA) is 0 Å². The van der Waals surface area contributed by atoms with E-state index in [1.54, 1.807) is 13.8 Å². The zero-order chi connectivity index (χ0) is 38.2. The Labute approximate surface area is 297 Å². The van der Waals surface area contributed by atoms with Crippen molar-refractivity contribution in [3.63, 3.8) is 0 Å². The van der Waals surface area contributed by atoms with Gasteiger partial charge in [0, 0.05) is 0 Å². The molecule has 0 fully saturated rings. The molecule has 276 valence electrons. The third-order valence-electron chi connectivity index (χ3n) is 8.12. The highest BCUT2D eigenvalue weighted by molar-refractivity contribution is 5.83. The molecule has 0 amide bonds. The van der Waals surface area contributed by atoms with Crippen LogP contribution < -0.4 is 0 Å². The SMILES string of the molecule is CC(C)Cc1cc(C(C)(C)C)cc(C(C)(C)C)c1.CC(C)Cc1cc(C(F)(F)F)cc(C(F)(F)F)c1.CC(C)Cc1ccc2ccccc2c1.